The molecule has 2 aromatic heterocycles. The van der Waals surface area contributed by atoms with Gasteiger partial charge in [0.15, 0.2) is 0 Å². The second-order valence-corrected chi connectivity index (χ2v) is 20.0. The summed E-state index contributed by atoms with van der Waals surface area (Å²) < 4.78 is 5.30. The number of fused-ring (bicyclic) bond motifs is 11. The topological polar surface area (TPSA) is 3.24 Å². The van der Waals surface area contributed by atoms with E-state index in [2.05, 4.69) is 231 Å². The van der Waals surface area contributed by atoms with E-state index in [0.717, 1.165) is 17.8 Å². The molecule has 3 heteroatoms. The maximum absolute atomic E-state index is 2.56. The molecule has 1 nitrogen and oxygen atoms in total. The van der Waals surface area contributed by atoms with Crippen molar-refractivity contribution in [3.8, 4) is 11.1 Å². The zero-order valence-corrected chi connectivity index (χ0v) is 37.8. The molecule has 2 heterocycles. The highest BCUT2D eigenvalue weighted by molar-refractivity contribution is 7.26. The molecule has 0 bridgehead atoms. The number of aryl methyl sites for hydroxylation is 2. The zero-order valence-electron chi connectivity index (χ0n) is 36.2. The third-order valence-electron chi connectivity index (χ3n) is 13.8. The fourth-order valence-electron chi connectivity index (χ4n) is 11.0. The number of benzene rings is 10. The Bertz CT molecular complexity index is 3810. The highest BCUT2D eigenvalue weighted by Gasteiger charge is 2.48. The lowest BCUT2D eigenvalue weighted by Crippen LogP contribution is -2.29. The first kappa shape index (κ1) is 38.2. The van der Waals surface area contributed by atoms with Crippen LogP contribution in [-0.4, -0.2) is 0 Å². The quantitative estimate of drug-likeness (QED) is 0.154. The fraction of sp³-hybridized carbons (Fsp3) is 0.0645. The standard InChI is InChI=1S/C62H43NS2/c1-39-14-12-16-43(32-39)62(44-17-13-15-40(2)33-44)54-36-42(34-41-27-30-59-52(35-41)48-21-8-10-24-57(48)64-59)26-29-51(54)61-50-23-7-6-20-47(50)56(38-55(61)62)63(45-18-4-3-5-19-45)46-28-31-60-53(37-46)49-22-9-11-25-58(49)65-60/h3-33,35-38H,34H2,1-2H3. The van der Waals surface area contributed by atoms with Crippen molar-refractivity contribution in [2.75, 3.05) is 4.90 Å². The van der Waals surface area contributed by atoms with Gasteiger partial charge in [0.05, 0.1) is 11.1 Å². The van der Waals surface area contributed by atoms with Crippen molar-refractivity contribution < 1.29 is 0 Å². The van der Waals surface area contributed by atoms with Gasteiger partial charge in [0, 0.05) is 57.1 Å². The van der Waals surface area contributed by atoms with E-state index in [0.29, 0.717) is 0 Å². The first-order chi connectivity index (χ1) is 32.0. The lowest BCUT2D eigenvalue weighted by atomic mass is 9.66. The summed E-state index contributed by atoms with van der Waals surface area (Å²) in [7, 11) is 0. The first-order valence-electron chi connectivity index (χ1n) is 22.5. The highest BCUT2D eigenvalue weighted by Crippen LogP contribution is 2.60. The summed E-state index contributed by atoms with van der Waals surface area (Å²) in [5, 5.41) is 7.75. The van der Waals surface area contributed by atoms with Gasteiger partial charge in [0.1, 0.15) is 0 Å². The molecule has 10 aromatic carbocycles. The van der Waals surface area contributed by atoms with Gasteiger partial charge in [0.25, 0.3) is 0 Å². The van der Waals surface area contributed by atoms with Crippen molar-refractivity contribution >= 4 is 90.9 Å². The molecule has 308 valence electrons. The van der Waals surface area contributed by atoms with Gasteiger partial charge in [0.2, 0.25) is 0 Å². The minimum atomic E-state index is -0.610. The molecule has 0 amide bonds. The van der Waals surface area contributed by atoms with Crippen molar-refractivity contribution in [3.63, 3.8) is 0 Å². The van der Waals surface area contributed by atoms with Crippen LogP contribution in [0.4, 0.5) is 17.1 Å². The predicted molar refractivity (Wildman–Crippen MR) is 280 cm³/mol. The lowest BCUT2D eigenvalue weighted by molar-refractivity contribution is 0.765. The molecule has 1 aliphatic carbocycles. The maximum atomic E-state index is 2.56. The number of nitrogens with zero attached hydrogens (tertiary/aromatic N) is 1. The van der Waals surface area contributed by atoms with Gasteiger partial charge in [-0.2, -0.15) is 0 Å². The maximum Gasteiger partial charge on any atom is 0.0714 e. The minimum Gasteiger partial charge on any atom is -0.310 e. The third kappa shape index (κ3) is 5.96. The van der Waals surface area contributed by atoms with Gasteiger partial charge in [-0.1, -0.05) is 163 Å². The second-order valence-electron chi connectivity index (χ2n) is 17.8. The molecule has 0 unspecified atom stereocenters. The Kier molecular flexibility index (Phi) is 8.75. The lowest BCUT2D eigenvalue weighted by Gasteiger charge is -2.36. The summed E-state index contributed by atoms with van der Waals surface area (Å²) in [6.07, 6.45) is 0.842. The van der Waals surface area contributed by atoms with Crippen LogP contribution in [-0.2, 0) is 11.8 Å². The number of para-hydroxylation sites is 1. The molecule has 0 N–H and O–H groups in total. The van der Waals surface area contributed by atoms with Gasteiger partial charge in [-0.25, -0.2) is 0 Å². The average Bonchev–Trinajstić information content (AvgIpc) is 4.00. The van der Waals surface area contributed by atoms with Gasteiger partial charge in [-0.05, 0) is 131 Å². The summed E-state index contributed by atoms with van der Waals surface area (Å²) in [5.74, 6) is 0. The van der Waals surface area contributed by atoms with Gasteiger partial charge in [-0.3, -0.25) is 0 Å². The molecule has 0 saturated heterocycles. The van der Waals surface area contributed by atoms with Crippen molar-refractivity contribution in [1.29, 1.82) is 0 Å². The van der Waals surface area contributed by atoms with Gasteiger partial charge in [-0.15, -0.1) is 22.7 Å². The molecule has 13 rings (SSSR count). The fourth-order valence-corrected chi connectivity index (χ4v) is 13.2. The summed E-state index contributed by atoms with van der Waals surface area (Å²) >= 11 is 3.75. The number of hydrogen-bond acceptors (Lipinski definition) is 3. The predicted octanol–water partition coefficient (Wildman–Crippen LogP) is 17.6. The molecule has 0 aliphatic heterocycles. The highest BCUT2D eigenvalue weighted by atomic mass is 32.1. The number of hydrogen-bond donors (Lipinski definition) is 0. The molecule has 12 aromatic rings. The molecule has 0 spiro atoms. The Morgan fingerprint density at radius 3 is 1.62 bits per heavy atom. The van der Waals surface area contributed by atoms with E-state index < -0.39 is 5.41 Å². The molecular weight excluding hydrogens is 823 g/mol. The van der Waals surface area contributed by atoms with Crippen LogP contribution in [0.1, 0.15) is 44.5 Å². The van der Waals surface area contributed by atoms with Crippen molar-refractivity contribution in [3.05, 3.63) is 257 Å². The first-order valence-corrected chi connectivity index (χ1v) is 24.2. The molecule has 0 atom stereocenters. The molecule has 0 radical (unpaired) electrons. The largest absolute Gasteiger partial charge is 0.310 e. The SMILES string of the molecule is Cc1cccc(C2(c3cccc(C)c3)c3cc(Cc4ccc5sc6ccccc6c5c4)ccc3-c3c2cc(N(c2ccccc2)c2ccc4sc5ccccc5c4c2)c2ccccc32)c1. The summed E-state index contributed by atoms with van der Waals surface area (Å²) in [4.78, 5) is 2.50. The number of anilines is 3. The molecule has 0 saturated carbocycles. The summed E-state index contributed by atoms with van der Waals surface area (Å²) in [5.41, 5.74) is 15.8. The van der Waals surface area contributed by atoms with E-state index in [4.69, 9.17) is 0 Å². The van der Waals surface area contributed by atoms with E-state index in [1.165, 1.54) is 112 Å². The van der Waals surface area contributed by atoms with Crippen molar-refractivity contribution in [1.82, 2.24) is 0 Å². The molecule has 65 heavy (non-hydrogen) atoms. The Morgan fingerprint density at radius 2 is 0.938 bits per heavy atom. The van der Waals surface area contributed by atoms with E-state index >= 15 is 0 Å². The van der Waals surface area contributed by atoms with E-state index in [1.54, 1.807) is 0 Å². The normalized spacial score (nSPS) is 13.0. The molecular formula is C62H43NS2. The van der Waals surface area contributed by atoms with Crippen molar-refractivity contribution in [2.45, 2.75) is 25.7 Å². The van der Waals surface area contributed by atoms with E-state index in [1.807, 2.05) is 22.7 Å². The van der Waals surface area contributed by atoms with Crippen LogP contribution in [0.2, 0.25) is 0 Å². The van der Waals surface area contributed by atoms with Crippen LogP contribution in [0, 0.1) is 13.8 Å². The number of rotatable bonds is 7. The number of thiophene rings is 2. The molecule has 1 aliphatic rings. The molecule has 0 fully saturated rings. The van der Waals surface area contributed by atoms with Gasteiger partial charge < -0.3 is 4.90 Å². The smallest absolute Gasteiger partial charge is 0.0714 e. The van der Waals surface area contributed by atoms with Crippen LogP contribution < -0.4 is 4.90 Å². The Labute approximate surface area is 387 Å². The van der Waals surface area contributed by atoms with Crippen LogP contribution in [0.5, 0.6) is 0 Å². The van der Waals surface area contributed by atoms with E-state index in [-0.39, 0.29) is 0 Å². The van der Waals surface area contributed by atoms with Crippen LogP contribution in [0.3, 0.4) is 0 Å². The van der Waals surface area contributed by atoms with Gasteiger partial charge >= 0.3 is 0 Å². The van der Waals surface area contributed by atoms with Crippen molar-refractivity contribution in [2.24, 2.45) is 0 Å². The van der Waals surface area contributed by atoms with E-state index in [9.17, 15) is 0 Å². The van der Waals surface area contributed by atoms with Crippen LogP contribution >= 0.6 is 22.7 Å². The summed E-state index contributed by atoms with van der Waals surface area (Å²) in [6, 6.07) is 80.4. The second kappa shape index (κ2) is 14.9. The average molecular weight is 866 g/mol. The summed E-state index contributed by atoms with van der Waals surface area (Å²) in [6.45, 7) is 4.47. The minimum absolute atomic E-state index is 0.610. The third-order valence-corrected chi connectivity index (χ3v) is 16.1. The Balaban J connectivity index is 1.10. The van der Waals surface area contributed by atoms with Crippen LogP contribution in [0.15, 0.2) is 212 Å². The Hall–Kier alpha value is -7.30. The Morgan fingerprint density at radius 1 is 0.385 bits per heavy atom. The van der Waals surface area contributed by atoms with Crippen LogP contribution in [0.25, 0.3) is 62.2 Å². The monoisotopic (exact) mass is 865 g/mol. The zero-order chi connectivity index (χ0) is 43.2.